The Kier molecular flexibility index (Phi) is 5.57. The average molecular weight is 158 g/mol. The molecule has 0 radical (unpaired) electrons. The molecule has 0 aliphatic carbocycles. The maximum absolute atomic E-state index is 5.48. The van der Waals surface area contributed by atoms with E-state index in [2.05, 4.69) is 20.8 Å². The maximum atomic E-state index is 5.48. The van der Waals surface area contributed by atoms with Crippen LogP contribution in [0.4, 0.5) is 0 Å². The van der Waals surface area contributed by atoms with Crippen molar-refractivity contribution < 1.29 is 4.74 Å². The molecule has 1 atom stereocenters. The quantitative estimate of drug-likeness (QED) is 0.576. The Balaban J connectivity index is 3.68. The smallest absolute Gasteiger partial charge is 0.0650 e. The summed E-state index contributed by atoms with van der Waals surface area (Å²) < 4.78 is 5.48. The van der Waals surface area contributed by atoms with Gasteiger partial charge in [-0.15, -0.1) is 0 Å². The van der Waals surface area contributed by atoms with E-state index in [0.717, 1.165) is 0 Å². The Morgan fingerprint density at radius 2 is 1.73 bits per heavy atom. The monoisotopic (exact) mass is 158 g/mol. The van der Waals surface area contributed by atoms with Crippen LogP contribution in [0.1, 0.15) is 52.9 Å². The first-order chi connectivity index (χ1) is 5.18. The Bertz CT molecular complexity index is 90.9. The molecule has 0 spiro atoms. The molecule has 0 aromatic carbocycles. The van der Waals surface area contributed by atoms with Crippen LogP contribution < -0.4 is 0 Å². The summed E-state index contributed by atoms with van der Waals surface area (Å²) in [6.07, 6.45) is 6.15. The maximum Gasteiger partial charge on any atom is 0.0650 e. The van der Waals surface area contributed by atoms with Crippen LogP contribution in [0.5, 0.6) is 0 Å². The molecule has 11 heavy (non-hydrogen) atoms. The van der Waals surface area contributed by atoms with E-state index in [4.69, 9.17) is 4.74 Å². The topological polar surface area (TPSA) is 9.23 Å². The molecule has 0 saturated carbocycles. The van der Waals surface area contributed by atoms with Gasteiger partial charge in [-0.1, -0.05) is 33.1 Å². The van der Waals surface area contributed by atoms with Crippen LogP contribution in [-0.2, 0) is 4.74 Å². The van der Waals surface area contributed by atoms with E-state index >= 15 is 0 Å². The number of methoxy groups -OCH3 is 1. The van der Waals surface area contributed by atoms with E-state index in [9.17, 15) is 0 Å². The van der Waals surface area contributed by atoms with Crippen LogP contribution in [-0.4, -0.2) is 12.7 Å². The van der Waals surface area contributed by atoms with Gasteiger partial charge in [-0.25, -0.2) is 0 Å². The van der Waals surface area contributed by atoms with Gasteiger partial charge >= 0.3 is 0 Å². The van der Waals surface area contributed by atoms with Crippen LogP contribution in [0.3, 0.4) is 0 Å². The second-order valence-electron chi connectivity index (χ2n) is 3.51. The van der Waals surface area contributed by atoms with Crippen molar-refractivity contribution in [3.8, 4) is 0 Å². The van der Waals surface area contributed by atoms with Gasteiger partial charge in [-0.3, -0.25) is 0 Å². The van der Waals surface area contributed by atoms with Crippen molar-refractivity contribution in [3.63, 3.8) is 0 Å². The third-order valence-electron chi connectivity index (χ3n) is 2.33. The van der Waals surface area contributed by atoms with Crippen LogP contribution in [0.2, 0.25) is 0 Å². The summed E-state index contributed by atoms with van der Waals surface area (Å²) in [7, 11) is 1.82. The Morgan fingerprint density at radius 1 is 1.09 bits per heavy atom. The summed E-state index contributed by atoms with van der Waals surface area (Å²) in [5.41, 5.74) is 0.144. The zero-order valence-electron chi connectivity index (χ0n) is 8.44. The standard InChI is InChI=1S/C10H22O/c1-5-7-9-10(3,11-4)8-6-2/h5-9H2,1-4H3. The summed E-state index contributed by atoms with van der Waals surface area (Å²) >= 11 is 0. The molecular weight excluding hydrogens is 136 g/mol. The molecule has 0 aromatic rings. The highest BCUT2D eigenvalue weighted by Crippen LogP contribution is 2.23. The normalized spacial score (nSPS) is 16.4. The largest absolute Gasteiger partial charge is 0.379 e. The fraction of sp³-hybridized carbons (Fsp3) is 1.00. The highest BCUT2D eigenvalue weighted by atomic mass is 16.5. The summed E-state index contributed by atoms with van der Waals surface area (Å²) in [4.78, 5) is 0. The lowest BCUT2D eigenvalue weighted by Gasteiger charge is -2.27. The zero-order valence-corrected chi connectivity index (χ0v) is 8.44. The summed E-state index contributed by atoms with van der Waals surface area (Å²) in [5, 5.41) is 0. The molecule has 0 aromatic heterocycles. The van der Waals surface area contributed by atoms with E-state index < -0.39 is 0 Å². The summed E-state index contributed by atoms with van der Waals surface area (Å²) in [6.45, 7) is 6.65. The number of rotatable bonds is 6. The minimum absolute atomic E-state index is 0.144. The molecule has 0 bridgehead atoms. The molecule has 0 aliphatic heterocycles. The first-order valence-corrected chi connectivity index (χ1v) is 4.73. The van der Waals surface area contributed by atoms with Crippen LogP contribution in [0, 0.1) is 0 Å². The van der Waals surface area contributed by atoms with Gasteiger partial charge in [-0.2, -0.15) is 0 Å². The fourth-order valence-corrected chi connectivity index (χ4v) is 1.41. The van der Waals surface area contributed by atoms with E-state index in [-0.39, 0.29) is 5.60 Å². The number of ether oxygens (including phenoxy) is 1. The molecule has 0 fully saturated rings. The Morgan fingerprint density at radius 3 is 2.09 bits per heavy atom. The molecular formula is C10H22O. The van der Waals surface area contributed by atoms with Crippen molar-refractivity contribution in [1.29, 1.82) is 0 Å². The van der Waals surface area contributed by atoms with Crippen molar-refractivity contribution in [2.45, 2.75) is 58.5 Å². The van der Waals surface area contributed by atoms with Crippen molar-refractivity contribution in [3.05, 3.63) is 0 Å². The van der Waals surface area contributed by atoms with E-state index in [0.29, 0.717) is 0 Å². The number of hydrogen-bond donors (Lipinski definition) is 0. The molecule has 0 heterocycles. The van der Waals surface area contributed by atoms with E-state index in [1.165, 1.54) is 32.1 Å². The third-order valence-corrected chi connectivity index (χ3v) is 2.33. The molecule has 1 unspecified atom stereocenters. The van der Waals surface area contributed by atoms with Gasteiger partial charge in [0.2, 0.25) is 0 Å². The average Bonchev–Trinajstić information content (AvgIpc) is 2.02. The minimum atomic E-state index is 0.144. The predicted octanol–water partition coefficient (Wildman–Crippen LogP) is 3.38. The van der Waals surface area contributed by atoms with E-state index in [1.54, 1.807) is 0 Å². The lowest BCUT2D eigenvalue weighted by atomic mass is 9.94. The van der Waals surface area contributed by atoms with Crippen LogP contribution in [0.25, 0.3) is 0 Å². The van der Waals surface area contributed by atoms with Gasteiger partial charge in [0.25, 0.3) is 0 Å². The summed E-state index contributed by atoms with van der Waals surface area (Å²) in [5.74, 6) is 0. The van der Waals surface area contributed by atoms with Gasteiger partial charge in [-0.05, 0) is 19.8 Å². The lowest BCUT2D eigenvalue weighted by molar-refractivity contribution is -0.0103. The predicted molar refractivity (Wildman–Crippen MR) is 49.8 cm³/mol. The first kappa shape index (κ1) is 11.0. The second kappa shape index (κ2) is 5.59. The lowest BCUT2D eigenvalue weighted by Crippen LogP contribution is -2.26. The molecule has 0 rings (SSSR count). The Labute approximate surface area is 71.1 Å². The van der Waals surface area contributed by atoms with Gasteiger partial charge in [0.1, 0.15) is 0 Å². The highest BCUT2D eigenvalue weighted by Gasteiger charge is 2.20. The second-order valence-corrected chi connectivity index (χ2v) is 3.51. The van der Waals surface area contributed by atoms with E-state index in [1.807, 2.05) is 7.11 Å². The fourth-order valence-electron chi connectivity index (χ4n) is 1.41. The van der Waals surface area contributed by atoms with Crippen LogP contribution >= 0.6 is 0 Å². The molecule has 0 saturated heterocycles. The molecule has 0 N–H and O–H groups in total. The van der Waals surface area contributed by atoms with Gasteiger partial charge in [0.05, 0.1) is 5.60 Å². The SMILES string of the molecule is CCCCC(C)(CCC)OC. The third kappa shape index (κ3) is 4.41. The van der Waals surface area contributed by atoms with Gasteiger partial charge in [0, 0.05) is 7.11 Å². The van der Waals surface area contributed by atoms with Crippen molar-refractivity contribution in [1.82, 2.24) is 0 Å². The number of unbranched alkanes of at least 4 members (excludes halogenated alkanes) is 1. The molecule has 1 heteroatoms. The molecule has 0 aliphatic rings. The Hall–Kier alpha value is -0.0400. The molecule has 0 amide bonds. The highest BCUT2D eigenvalue weighted by molar-refractivity contribution is 4.73. The van der Waals surface area contributed by atoms with Gasteiger partial charge < -0.3 is 4.74 Å². The number of hydrogen-bond acceptors (Lipinski definition) is 1. The first-order valence-electron chi connectivity index (χ1n) is 4.73. The zero-order chi connectivity index (χ0) is 8.74. The van der Waals surface area contributed by atoms with Crippen molar-refractivity contribution >= 4 is 0 Å². The molecule has 68 valence electrons. The van der Waals surface area contributed by atoms with Gasteiger partial charge in [0.15, 0.2) is 0 Å². The van der Waals surface area contributed by atoms with Crippen LogP contribution in [0.15, 0.2) is 0 Å². The molecule has 1 nitrogen and oxygen atoms in total. The van der Waals surface area contributed by atoms with Crippen molar-refractivity contribution in [2.24, 2.45) is 0 Å². The summed E-state index contributed by atoms with van der Waals surface area (Å²) in [6, 6.07) is 0. The minimum Gasteiger partial charge on any atom is -0.379 e. The van der Waals surface area contributed by atoms with Crippen molar-refractivity contribution in [2.75, 3.05) is 7.11 Å².